The van der Waals surface area contributed by atoms with Gasteiger partial charge in [-0.3, -0.25) is 9.36 Å². The van der Waals surface area contributed by atoms with Gasteiger partial charge in [-0.2, -0.15) is 0 Å². The van der Waals surface area contributed by atoms with Gasteiger partial charge in [-0.15, -0.1) is 0 Å². The molecule has 6 heteroatoms. The smallest absolute Gasteiger partial charge is 0.408 e. The van der Waals surface area contributed by atoms with Gasteiger partial charge in [-0.25, -0.2) is 4.79 Å². The van der Waals surface area contributed by atoms with E-state index in [9.17, 15) is 9.59 Å². The summed E-state index contributed by atoms with van der Waals surface area (Å²) in [7, 11) is 0. The van der Waals surface area contributed by atoms with Crippen LogP contribution in [-0.4, -0.2) is 41.6 Å². The molecule has 2 fully saturated rings. The first-order chi connectivity index (χ1) is 11.7. The Balaban J connectivity index is 1.41. The van der Waals surface area contributed by atoms with Crippen LogP contribution in [0, 0.1) is 11.8 Å². The number of benzene rings is 1. The Morgan fingerprint density at radius 2 is 1.88 bits per heavy atom. The van der Waals surface area contributed by atoms with E-state index in [0.29, 0.717) is 30.4 Å². The molecule has 0 radical (unpaired) electrons. The minimum absolute atomic E-state index is 0.139. The molecule has 2 aromatic rings. The normalized spacial score (nSPS) is 24.1. The standard InChI is InChI=1S/C18H23N3O3/c22-17(20-8-5-13-11-19-12-14(13)6-9-20)7-10-21-15-3-1-2-4-16(15)24-18(21)23/h1-4,13-14,19H,5-12H2/t13-,14+. The monoisotopic (exact) mass is 329 g/mol. The van der Waals surface area contributed by atoms with Crippen molar-refractivity contribution in [1.29, 1.82) is 0 Å². The van der Waals surface area contributed by atoms with Gasteiger partial charge >= 0.3 is 5.76 Å². The lowest BCUT2D eigenvalue weighted by Gasteiger charge is -2.21. The number of nitrogens with one attached hydrogen (secondary N) is 1. The summed E-state index contributed by atoms with van der Waals surface area (Å²) in [6.07, 6.45) is 2.51. The Kier molecular flexibility index (Phi) is 4.14. The number of nitrogens with zero attached hydrogens (tertiary/aromatic N) is 2. The molecule has 0 spiro atoms. The average Bonchev–Trinajstić information content (AvgIpc) is 3.10. The summed E-state index contributed by atoms with van der Waals surface area (Å²) in [5.41, 5.74) is 1.33. The SMILES string of the molecule is O=C(CCn1c(=O)oc2ccccc21)N1CC[C@@H]2CNC[C@@H]2CC1. The van der Waals surface area contributed by atoms with Crippen molar-refractivity contribution >= 4 is 17.0 Å². The molecule has 1 aromatic heterocycles. The first-order valence-corrected chi connectivity index (χ1v) is 8.79. The van der Waals surface area contributed by atoms with Gasteiger partial charge < -0.3 is 14.6 Å². The predicted octanol–water partition coefficient (Wildman–Crippen LogP) is 1.44. The summed E-state index contributed by atoms with van der Waals surface area (Å²) in [6.45, 7) is 4.22. The van der Waals surface area contributed by atoms with E-state index in [4.69, 9.17) is 4.42 Å². The van der Waals surface area contributed by atoms with Crippen LogP contribution in [-0.2, 0) is 11.3 Å². The van der Waals surface area contributed by atoms with Crippen molar-refractivity contribution in [3.05, 3.63) is 34.8 Å². The van der Waals surface area contributed by atoms with Gasteiger partial charge in [0.2, 0.25) is 5.91 Å². The van der Waals surface area contributed by atoms with Crippen molar-refractivity contribution in [3.8, 4) is 0 Å². The van der Waals surface area contributed by atoms with Crippen molar-refractivity contribution < 1.29 is 9.21 Å². The van der Waals surface area contributed by atoms with E-state index < -0.39 is 0 Å². The highest BCUT2D eigenvalue weighted by Crippen LogP contribution is 2.27. The molecule has 3 heterocycles. The van der Waals surface area contributed by atoms with Gasteiger partial charge in [0.05, 0.1) is 5.52 Å². The summed E-state index contributed by atoms with van der Waals surface area (Å²) in [5.74, 6) is 1.17. The first kappa shape index (κ1) is 15.4. The molecule has 0 bridgehead atoms. The van der Waals surface area contributed by atoms with E-state index in [0.717, 1.165) is 44.5 Å². The van der Waals surface area contributed by atoms with Gasteiger partial charge in [0.1, 0.15) is 0 Å². The number of likely N-dealkylation sites (tertiary alicyclic amines) is 1. The van der Waals surface area contributed by atoms with Crippen molar-refractivity contribution in [2.45, 2.75) is 25.8 Å². The van der Waals surface area contributed by atoms with E-state index in [-0.39, 0.29) is 11.7 Å². The summed E-state index contributed by atoms with van der Waals surface area (Å²) in [6, 6.07) is 7.34. The van der Waals surface area contributed by atoms with Crippen LogP contribution in [0.15, 0.2) is 33.5 Å². The van der Waals surface area contributed by atoms with Crippen molar-refractivity contribution in [3.63, 3.8) is 0 Å². The molecule has 2 atom stereocenters. The van der Waals surface area contributed by atoms with Gasteiger partial charge in [0.15, 0.2) is 5.58 Å². The fraction of sp³-hybridized carbons (Fsp3) is 0.556. The number of aromatic nitrogens is 1. The minimum atomic E-state index is -0.388. The van der Waals surface area contributed by atoms with Crippen LogP contribution in [0.25, 0.3) is 11.1 Å². The van der Waals surface area contributed by atoms with Gasteiger partial charge in [0.25, 0.3) is 0 Å². The van der Waals surface area contributed by atoms with E-state index in [2.05, 4.69) is 5.32 Å². The Morgan fingerprint density at radius 3 is 2.62 bits per heavy atom. The molecule has 0 aliphatic carbocycles. The van der Waals surface area contributed by atoms with Gasteiger partial charge in [-0.05, 0) is 49.9 Å². The van der Waals surface area contributed by atoms with Crippen LogP contribution in [0.4, 0.5) is 0 Å². The zero-order valence-electron chi connectivity index (χ0n) is 13.7. The molecule has 0 saturated carbocycles. The first-order valence-electron chi connectivity index (χ1n) is 8.79. The topological polar surface area (TPSA) is 67.5 Å². The number of fused-ring (bicyclic) bond motifs is 2. The van der Waals surface area contributed by atoms with E-state index in [1.165, 1.54) is 0 Å². The number of para-hydroxylation sites is 2. The Hall–Kier alpha value is -2.08. The molecular weight excluding hydrogens is 306 g/mol. The minimum Gasteiger partial charge on any atom is -0.408 e. The predicted molar refractivity (Wildman–Crippen MR) is 90.8 cm³/mol. The molecule has 1 aromatic carbocycles. The fourth-order valence-corrected chi connectivity index (χ4v) is 4.06. The zero-order valence-corrected chi connectivity index (χ0v) is 13.7. The molecule has 1 amide bonds. The van der Waals surface area contributed by atoms with E-state index >= 15 is 0 Å². The lowest BCUT2D eigenvalue weighted by Crippen LogP contribution is -2.33. The number of aryl methyl sites for hydroxylation is 1. The lowest BCUT2D eigenvalue weighted by atomic mass is 9.92. The molecule has 4 rings (SSSR count). The maximum absolute atomic E-state index is 12.6. The van der Waals surface area contributed by atoms with Crippen LogP contribution >= 0.6 is 0 Å². The largest absolute Gasteiger partial charge is 0.419 e. The maximum atomic E-state index is 12.6. The zero-order chi connectivity index (χ0) is 16.5. The van der Waals surface area contributed by atoms with E-state index in [1.807, 2.05) is 23.1 Å². The second-order valence-electron chi connectivity index (χ2n) is 6.87. The Morgan fingerprint density at radius 1 is 1.17 bits per heavy atom. The third kappa shape index (κ3) is 2.86. The van der Waals surface area contributed by atoms with Crippen LogP contribution in [0.2, 0.25) is 0 Å². The van der Waals surface area contributed by atoms with Crippen LogP contribution in [0.1, 0.15) is 19.3 Å². The number of carbonyl (C=O) groups is 1. The number of hydrogen-bond donors (Lipinski definition) is 1. The average molecular weight is 329 g/mol. The van der Waals surface area contributed by atoms with Crippen molar-refractivity contribution in [1.82, 2.24) is 14.8 Å². The van der Waals surface area contributed by atoms with Gasteiger partial charge in [-0.1, -0.05) is 12.1 Å². The van der Waals surface area contributed by atoms with E-state index in [1.54, 1.807) is 10.6 Å². The Bertz CT molecular complexity index is 780. The molecular formula is C18H23N3O3. The second-order valence-corrected chi connectivity index (χ2v) is 6.87. The summed E-state index contributed by atoms with van der Waals surface area (Å²) >= 11 is 0. The third-order valence-corrected chi connectivity index (χ3v) is 5.50. The number of amides is 1. The maximum Gasteiger partial charge on any atom is 0.419 e. The summed E-state index contributed by atoms with van der Waals surface area (Å²) in [4.78, 5) is 26.5. The van der Waals surface area contributed by atoms with Crippen LogP contribution < -0.4 is 11.1 Å². The molecule has 2 aliphatic rings. The Labute approximate surface area is 140 Å². The van der Waals surface area contributed by atoms with Crippen LogP contribution in [0.5, 0.6) is 0 Å². The molecule has 128 valence electrons. The number of oxazole rings is 1. The molecule has 6 nitrogen and oxygen atoms in total. The molecule has 24 heavy (non-hydrogen) atoms. The summed E-state index contributed by atoms with van der Waals surface area (Å²) in [5, 5.41) is 3.45. The highest BCUT2D eigenvalue weighted by atomic mass is 16.4. The number of rotatable bonds is 3. The fourth-order valence-electron chi connectivity index (χ4n) is 4.06. The molecule has 0 unspecified atom stereocenters. The molecule has 2 aliphatic heterocycles. The summed E-state index contributed by atoms with van der Waals surface area (Å²) < 4.78 is 6.78. The van der Waals surface area contributed by atoms with Gasteiger partial charge in [0, 0.05) is 26.1 Å². The quantitative estimate of drug-likeness (QED) is 0.925. The number of hydrogen-bond acceptors (Lipinski definition) is 4. The van der Waals surface area contributed by atoms with Crippen molar-refractivity contribution in [2.24, 2.45) is 11.8 Å². The molecule has 2 saturated heterocycles. The second kappa shape index (κ2) is 6.43. The highest BCUT2D eigenvalue weighted by molar-refractivity contribution is 5.77. The molecule has 1 N–H and O–H groups in total. The third-order valence-electron chi connectivity index (χ3n) is 5.50. The van der Waals surface area contributed by atoms with Crippen molar-refractivity contribution in [2.75, 3.05) is 26.2 Å². The highest BCUT2D eigenvalue weighted by Gasteiger charge is 2.31. The number of carbonyl (C=O) groups excluding carboxylic acids is 1. The van der Waals surface area contributed by atoms with Crippen LogP contribution in [0.3, 0.4) is 0 Å². The lowest BCUT2D eigenvalue weighted by molar-refractivity contribution is -0.131.